The molecule has 0 aliphatic carbocycles. The molecule has 0 bridgehead atoms. The number of hydrogen-bond acceptors (Lipinski definition) is 3. The van der Waals surface area contributed by atoms with E-state index in [1.54, 1.807) is 0 Å². The summed E-state index contributed by atoms with van der Waals surface area (Å²) in [4.78, 5) is 10.2. The van der Waals surface area contributed by atoms with Crippen LogP contribution in [0.1, 0.15) is 26.7 Å². The average Bonchev–Trinajstić information content (AvgIpc) is 2.03. The molecule has 0 amide bonds. The van der Waals surface area contributed by atoms with Gasteiger partial charge in [0.25, 0.3) is 0 Å². The van der Waals surface area contributed by atoms with Gasteiger partial charge < -0.3 is 9.47 Å². The van der Waals surface area contributed by atoms with Crippen molar-refractivity contribution in [1.82, 2.24) is 0 Å². The minimum atomic E-state index is -0.661. The Balaban J connectivity index is 3.28. The molecule has 0 aromatic carbocycles. The van der Waals surface area contributed by atoms with Gasteiger partial charge in [0.05, 0.1) is 6.61 Å². The van der Waals surface area contributed by atoms with E-state index in [2.05, 4.69) is 6.92 Å². The van der Waals surface area contributed by atoms with Crippen molar-refractivity contribution in [2.24, 2.45) is 0 Å². The van der Waals surface area contributed by atoms with Crippen LogP contribution in [-0.2, 0) is 14.3 Å². The van der Waals surface area contributed by atoms with Gasteiger partial charge in [0.2, 0.25) is 6.29 Å². The largest absolute Gasteiger partial charge is 0.347 e. The van der Waals surface area contributed by atoms with Crippen molar-refractivity contribution in [1.29, 1.82) is 0 Å². The lowest BCUT2D eigenvalue weighted by Crippen LogP contribution is -2.19. The highest BCUT2D eigenvalue weighted by Crippen LogP contribution is 1.94. The third-order valence-corrected chi connectivity index (χ3v) is 1.22. The molecular weight excluding hydrogens is 144 g/mol. The molecule has 3 heteroatoms. The quantitative estimate of drug-likeness (QED) is 0.320. The van der Waals surface area contributed by atoms with Crippen LogP contribution in [0.2, 0.25) is 0 Å². The van der Waals surface area contributed by atoms with E-state index >= 15 is 0 Å². The molecule has 1 atom stereocenters. The lowest BCUT2D eigenvalue weighted by molar-refractivity contribution is -0.156. The van der Waals surface area contributed by atoms with Gasteiger partial charge in [0, 0.05) is 6.61 Å². The first kappa shape index (κ1) is 10.6. The fraction of sp³-hybridized carbons (Fsp3) is 0.875. The van der Waals surface area contributed by atoms with Gasteiger partial charge in [-0.1, -0.05) is 13.3 Å². The van der Waals surface area contributed by atoms with Crippen molar-refractivity contribution in [3.05, 3.63) is 0 Å². The van der Waals surface area contributed by atoms with Gasteiger partial charge in [-0.15, -0.1) is 0 Å². The standard InChI is InChI=1S/C8H16O3/c1-3-5-6-11-8(7-9)10-4-2/h7-8H,3-6H2,1-2H3. The number of carbonyl (C=O) groups is 1. The second-order valence-electron chi connectivity index (χ2n) is 2.18. The maximum atomic E-state index is 10.2. The Morgan fingerprint density at radius 2 is 2.09 bits per heavy atom. The highest BCUT2D eigenvalue weighted by Gasteiger charge is 2.04. The number of unbranched alkanes of at least 4 members (excludes halogenated alkanes) is 1. The first-order valence-electron chi connectivity index (χ1n) is 4.03. The van der Waals surface area contributed by atoms with Crippen LogP contribution in [0.15, 0.2) is 0 Å². The van der Waals surface area contributed by atoms with Crippen LogP contribution in [0.3, 0.4) is 0 Å². The van der Waals surface area contributed by atoms with E-state index in [1.165, 1.54) is 0 Å². The van der Waals surface area contributed by atoms with Crippen LogP contribution in [0.4, 0.5) is 0 Å². The zero-order chi connectivity index (χ0) is 8.53. The second-order valence-corrected chi connectivity index (χ2v) is 2.18. The van der Waals surface area contributed by atoms with Crippen LogP contribution >= 0.6 is 0 Å². The molecule has 0 fully saturated rings. The van der Waals surface area contributed by atoms with Gasteiger partial charge in [-0.25, -0.2) is 0 Å². The van der Waals surface area contributed by atoms with E-state index in [-0.39, 0.29) is 0 Å². The van der Waals surface area contributed by atoms with Crippen molar-refractivity contribution in [3.63, 3.8) is 0 Å². The highest BCUT2D eigenvalue weighted by molar-refractivity contribution is 5.53. The molecule has 66 valence electrons. The molecule has 11 heavy (non-hydrogen) atoms. The van der Waals surface area contributed by atoms with Crippen molar-refractivity contribution in [2.75, 3.05) is 13.2 Å². The topological polar surface area (TPSA) is 35.5 Å². The lowest BCUT2D eigenvalue weighted by atomic mass is 10.4. The minimum absolute atomic E-state index is 0.509. The predicted octanol–water partition coefficient (Wildman–Crippen LogP) is 1.36. The Hall–Kier alpha value is -0.410. The number of rotatable bonds is 7. The smallest absolute Gasteiger partial charge is 0.214 e. The third kappa shape index (κ3) is 6.01. The predicted molar refractivity (Wildman–Crippen MR) is 42.3 cm³/mol. The zero-order valence-corrected chi connectivity index (χ0v) is 7.21. The summed E-state index contributed by atoms with van der Waals surface area (Å²) in [6, 6.07) is 0. The Kier molecular flexibility index (Phi) is 7.41. The Morgan fingerprint density at radius 1 is 1.36 bits per heavy atom. The molecular formula is C8H16O3. The molecule has 1 unspecified atom stereocenters. The van der Waals surface area contributed by atoms with Gasteiger partial charge in [-0.2, -0.15) is 0 Å². The van der Waals surface area contributed by atoms with Crippen LogP contribution in [0, 0.1) is 0 Å². The number of hydrogen-bond donors (Lipinski definition) is 0. The summed E-state index contributed by atoms with van der Waals surface area (Å²) in [7, 11) is 0. The van der Waals surface area contributed by atoms with Crippen molar-refractivity contribution >= 4 is 6.29 Å². The molecule has 0 heterocycles. The van der Waals surface area contributed by atoms with Crippen molar-refractivity contribution in [2.45, 2.75) is 33.0 Å². The lowest BCUT2D eigenvalue weighted by Gasteiger charge is -2.10. The second kappa shape index (κ2) is 7.69. The van der Waals surface area contributed by atoms with Gasteiger partial charge in [0.1, 0.15) is 0 Å². The summed E-state index contributed by atoms with van der Waals surface area (Å²) in [5, 5.41) is 0. The van der Waals surface area contributed by atoms with E-state index < -0.39 is 6.29 Å². The molecule has 0 aromatic heterocycles. The molecule has 0 aliphatic heterocycles. The summed E-state index contributed by atoms with van der Waals surface area (Å²) in [6.45, 7) is 5.01. The SMILES string of the molecule is CCCCOC(C=O)OCC. The normalized spacial score (nSPS) is 12.9. The summed E-state index contributed by atoms with van der Waals surface area (Å²) < 4.78 is 10.0. The average molecular weight is 160 g/mol. The third-order valence-electron chi connectivity index (χ3n) is 1.22. The maximum Gasteiger partial charge on any atom is 0.214 e. The maximum absolute atomic E-state index is 10.2. The van der Waals surface area contributed by atoms with Crippen LogP contribution < -0.4 is 0 Å². The van der Waals surface area contributed by atoms with Crippen molar-refractivity contribution in [3.8, 4) is 0 Å². The molecule has 0 radical (unpaired) electrons. The fourth-order valence-electron chi connectivity index (χ4n) is 0.635. The Morgan fingerprint density at radius 3 is 2.55 bits per heavy atom. The van der Waals surface area contributed by atoms with E-state index in [4.69, 9.17) is 9.47 Å². The molecule has 0 rings (SSSR count). The first-order chi connectivity index (χ1) is 5.35. The van der Waals surface area contributed by atoms with E-state index in [1.807, 2.05) is 6.92 Å². The van der Waals surface area contributed by atoms with Crippen LogP contribution in [0.25, 0.3) is 0 Å². The van der Waals surface area contributed by atoms with Gasteiger partial charge in [0.15, 0.2) is 6.29 Å². The van der Waals surface area contributed by atoms with Crippen LogP contribution in [0.5, 0.6) is 0 Å². The van der Waals surface area contributed by atoms with E-state index in [9.17, 15) is 4.79 Å². The van der Waals surface area contributed by atoms with E-state index in [0.29, 0.717) is 19.5 Å². The number of aldehydes is 1. The number of carbonyl (C=O) groups excluding carboxylic acids is 1. The molecule has 3 nitrogen and oxygen atoms in total. The molecule has 0 spiro atoms. The van der Waals surface area contributed by atoms with E-state index in [0.717, 1.165) is 12.8 Å². The summed E-state index contributed by atoms with van der Waals surface area (Å²) in [6.07, 6.45) is 2.06. The van der Waals surface area contributed by atoms with Gasteiger partial charge in [-0.3, -0.25) is 4.79 Å². The Bertz CT molecular complexity index is 93.3. The molecule has 0 saturated carbocycles. The zero-order valence-electron chi connectivity index (χ0n) is 7.21. The monoisotopic (exact) mass is 160 g/mol. The van der Waals surface area contributed by atoms with Crippen LogP contribution in [-0.4, -0.2) is 25.8 Å². The Labute approximate surface area is 67.7 Å². The molecule has 0 N–H and O–H groups in total. The van der Waals surface area contributed by atoms with Crippen molar-refractivity contribution < 1.29 is 14.3 Å². The molecule has 0 aromatic rings. The number of ether oxygens (including phenoxy) is 2. The summed E-state index contributed by atoms with van der Waals surface area (Å²) >= 11 is 0. The summed E-state index contributed by atoms with van der Waals surface area (Å²) in [5.74, 6) is 0. The van der Waals surface area contributed by atoms with Gasteiger partial charge >= 0.3 is 0 Å². The minimum Gasteiger partial charge on any atom is -0.347 e. The summed E-state index contributed by atoms with van der Waals surface area (Å²) in [5.41, 5.74) is 0. The fourth-order valence-corrected chi connectivity index (χ4v) is 0.635. The molecule has 0 saturated heterocycles. The molecule has 0 aliphatic rings. The van der Waals surface area contributed by atoms with Gasteiger partial charge in [-0.05, 0) is 13.3 Å². The first-order valence-corrected chi connectivity index (χ1v) is 4.03. The highest BCUT2D eigenvalue weighted by atomic mass is 16.7.